The molecule has 0 amide bonds. The van der Waals surface area contributed by atoms with Crippen molar-refractivity contribution < 1.29 is 4.42 Å². The molecule has 2 aromatic rings. The fraction of sp³-hybridized carbons (Fsp3) is 0.400. The van der Waals surface area contributed by atoms with Crippen LogP contribution >= 0.6 is 0 Å². The van der Waals surface area contributed by atoms with Crippen molar-refractivity contribution in [1.29, 1.82) is 0 Å². The zero-order chi connectivity index (χ0) is 10.5. The Labute approximate surface area is 88.1 Å². The standard InChI is InChI=1S/C10H14N4O/c1-9(7-14-4-2-3-13-14)12-6-10-5-11-8-15-10/h2-5,8-9,12H,6-7H2,1H3. The number of nitrogens with one attached hydrogen (secondary N) is 1. The van der Waals surface area contributed by atoms with Gasteiger partial charge >= 0.3 is 0 Å². The van der Waals surface area contributed by atoms with Gasteiger partial charge < -0.3 is 9.73 Å². The smallest absolute Gasteiger partial charge is 0.180 e. The number of rotatable bonds is 5. The highest BCUT2D eigenvalue weighted by atomic mass is 16.3. The third-order valence-electron chi connectivity index (χ3n) is 2.13. The number of hydrogen-bond donors (Lipinski definition) is 1. The van der Waals surface area contributed by atoms with E-state index >= 15 is 0 Å². The van der Waals surface area contributed by atoms with Gasteiger partial charge in [0.25, 0.3) is 0 Å². The first-order chi connectivity index (χ1) is 7.34. The van der Waals surface area contributed by atoms with Crippen LogP contribution in [0, 0.1) is 0 Å². The molecule has 0 spiro atoms. The summed E-state index contributed by atoms with van der Waals surface area (Å²) in [5.74, 6) is 0.849. The summed E-state index contributed by atoms with van der Waals surface area (Å²) in [6, 6.07) is 2.26. The Morgan fingerprint density at radius 2 is 2.53 bits per heavy atom. The third kappa shape index (κ3) is 2.92. The van der Waals surface area contributed by atoms with Crippen molar-refractivity contribution in [1.82, 2.24) is 20.1 Å². The summed E-state index contributed by atoms with van der Waals surface area (Å²) in [6.45, 7) is 3.65. The highest BCUT2D eigenvalue weighted by Crippen LogP contribution is 1.97. The molecule has 80 valence electrons. The molecule has 0 saturated heterocycles. The maximum Gasteiger partial charge on any atom is 0.180 e. The van der Waals surface area contributed by atoms with Gasteiger partial charge in [0.2, 0.25) is 0 Å². The molecule has 1 N–H and O–H groups in total. The van der Waals surface area contributed by atoms with Gasteiger partial charge in [0, 0.05) is 18.4 Å². The van der Waals surface area contributed by atoms with Crippen molar-refractivity contribution in [3.8, 4) is 0 Å². The lowest BCUT2D eigenvalue weighted by Crippen LogP contribution is -2.29. The summed E-state index contributed by atoms with van der Waals surface area (Å²) in [6.07, 6.45) is 6.89. The van der Waals surface area contributed by atoms with Crippen LogP contribution in [0.4, 0.5) is 0 Å². The molecule has 0 bridgehead atoms. The third-order valence-corrected chi connectivity index (χ3v) is 2.13. The molecule has 0 saturated carbocycles. The minimum Gasteiger partial charge on any atom is -0.447 e. The van der Waals surface area contributed by atoms with Crippen molar-refractivity contribution in [3.63, 3.8) is 0 Å². The minimum atomic E-state index is 0.343. The monoisotopic (exact) mass is 206 g/mol. The zero-order valence-electron chi connectivity index (χ0n) is 8.63. The Kier molecular flexibility index (Phi) is 3.14. The van der Waals surface area contributed by atoms with E-state index in [0.717, 1.165) is 12.3 Å². The van der Waals surface area contributed by atoms with Crippen molar-refractivity contribution >= 4 is 0 Å². The normalized spacial score (nSPS) is 12.9. The van der Waals surface area contributed by atoms with E-state index in [4.69, 9.17) is 4.42 Å². The number of oxazole rings is 1. The minimum absolute atomic E-state index is 0.343. The molecule has 5 nitrogen and oxygen atoms in total. The van der Waals surface area contributed by atoms with E-state index in [1.54, 1.807) is 12.4 Å². The topological polar surface area (TPSA) is 55.9 Å². The molecule has 0 fully saturated rings. The zero-order valence-corrected chi connectivity index (χ0v) is 8.63. The average molecular weight is 206 g/mol. The van der Waals surface area contributed by atoms with Crippen molar-refractivity contribution in [2.45, 2.75) is 26.1 Å². The van der Waals surface area contributed by atoms with Gasteiger partial charge in [-0.1, -0.05) is 0 Å². The van der Waals surface area contributed by atoms with E-state index in [0.29, 0.717) is 12.6 Å². The first-order valence-electron chi connectivity index (χ1n) is 4.93. The van der Waals surface area contributed by atoms with Crippen LogP contribution in [-0.4, -0.2) is 20.8 Å². The van der Waals surface area contributed by atoms with Crippen LogP contribution in [0.5, 0.6) is 0 Å². The molecular weight excluding hydrogens is 192 g/mol. The van der Waals surface area contributed by atoms with Crippen LogP contribution < -0.4 is 5.32 Å². The largest absolute Gasteiger partial charge is 0.447 e. The van der Waals surface area contributed by atoms with E-state index in [9.17, 15) is 0 Å². The number of aromatic nitrogens is 3. The van der Waals surface area contributed by atoms with Gasteiger partial charge in [-0.2, -0.15) is 5.10 Å². The van der Waals surface area contributed by atoms with Gasteiger partial charge in [-0.3, -0.25) is 4.68 Å². The first kappa shape index (κ1) is 9.92. The Bertz CT molecular complexity index is 368. The summed E-state index contributed by atoms with van der Waals surface area (Å²) in [5.41, 5.74) is 0. The van der Waals surface area contributed by atoms with Gasteiger partial charge in [0.15, 0.2) is 6.39 Å². The fourth-order valence-corrected chi connectivity index (χ4v) is 1.36. The molecule has 2 rings (SSSR count). The lowest BCUT2D eigenvalue weighted by molar-refractivity contribution is 0.414. The molecule has 0 aliphatic carbocycles. The van der Waals surface area contributed by atoms with Crippen molar-refractivity contribution in [2.75, 3.05) is 0 Å². The van der Waals surface area contributed by atoms with Crippen LogP contribution in [0.2, 0.25) is 0 Å². The second-order valence-corrected chi connectivity index (χ2v) is 3.48. The summed E-state index contributed by atoms with van der Waals surface area (Å²) < 4.78 is 7.02. The van der Waals surface area contributed by atoms with E-state index in [1.165, 1.54) is 6.39 Å². The summed E-state index contributed by atoms with van der Waals surface area (Å²) in [7, 11) is 0. The fourth-order valence-electron chi connectivity index (χ4n) is 1.36. The molecule has 5 heteroatoms. The molecule has 2 aromatic heterocycles. The summed E-state index contributed by atoms with van der Waals surface area (Å²) in [4.78, 5) is 3.85. The predicted octanol–water partition coefficient (Wildman–Crippen LogP) is 1.05. The Morgan fingerprint density at radius 1 is 1.60 bits per heavy atom. The van der Waals surface area contributed by atoms with Crippen LogP contribution in [-0.2, 0) is 13.1 Å². The highest BCUT2D eigenvalue weighted by Gasteiger charge is 2.03. The lowest BCUT2D eigenvalue weighted by atomic mass is 10.3. The Hall–Kier alpha value is -1.62. The summed E-state index contributed by atoms with van der Waals surface area (Å²) in [5, 5.41) is 7.47. The maximum atomic E-state index is 5.12. The van der Waals surface area contributed by atoms with E-state index in [2.05, 4.69) is 22.3 Å². The van der Waals surface area contributed by atoms with Gasteiger partial charge in [-0.05, 0) is 13.0 Å². The molecule has 0 aliphatic rings. The molecule has 0 radical (unpaired) electrons. The molecule has 1 atom stereocenters. The lowest BCUT2D eigenvalue weighted by Gasteiger charge is -2.12. The highest BCUT2D eigenvalue weighted by molar-refractivity contribution is 4.88. The van der Waals surface area contributed by atoms with Gasteiger partial charge in [-0.15, -0.1) is 0 Å². The van der Waals surface area contributed by atoms with Gasteiger partial charge in [-0.25, -0.2) is 4.98 Å². The quantitative estimate of drug-likeness (QED) is 0.794. The number of hydrogen-bond acceptors (Lipinski definition) is 4. The van der Waals surface area contributed by atoms with E-state index < -0.39 is 0 Å². The molecule has 1 unspecified atom stereocenters. The van der Waals surface area contributed by atoms with Crippen molar-refractivity contribution in [2.24, 2.45) is 0 Å². The molecule has 0 aliphatic heterocycles. The van der Waals surface area contributed by atoms with Gasteiger partial charge in [0.05, 0.1) is 19.3 Å². The molecule has 15 heavy (non-hydrogen) atoms. The predicted molar refractivity (Wildman–Crippen MR) is 55.0 cm³/mol. The van der Waals surface area contributed by atoms with Crippen molar-refractivity contribution in [3.05, 3.63) is 36.8 Å². The first-order valence-corrected chi connectivity index (χ1v) is 4.93. The molecule has 0 aromatic carbocycles. The number of nitrogens with zero attached hydrogens (tertiary/aromatic N) is 3. The second kappa shape index (κ2) is 4.75. The average Bonchev–Trinajstić information content (AvgIpc) is 2.86. The summed E-state index contributed by atoms with van der Waals surface area (Å²) >= 11 is 0. The molecule has 2 heterocycles. The van der Waals surface area contributed by atoms with E-state index in [-0.39, 0.29) is 0 Å². The van der Waals surface area contributed by atoms with Crippen LogP contribution in [0.15, 0.2) is 35.5 Å². The molecular formula is C10H14N4O. The van der Waals surface area contributed by atoms with Gasteiger partial charge in [0.1, 0.15) is 5.76 Å². The SMILES string of the molecule is CC(Cn1cccn1)NCc1cnco1. The Balaban J connectivity index is 1.76. The van der Waals surface area contributed by atoms with Crippen LogP contribution in [0.1, 0.15) is 12.7 Å². The second-order valence-electron chi connectivity index (χ2n) is 3.48. The Morgan fingerprint density at radius 3 is 3.20 bits per heavy atom. The maximum absolute atomic E-state index is 5.12. The van der Waals surface area contributed by atoms with Crippen LogP contribution in [0.3, 0.4) is 0 Å². The van der Waals surface area contributed by atoms with E-state index in [1.807, 2.05) is 16.9 Å². The van der Waals surface area contributed by atoms with Crippen LogP contribution in [0.25, 0.3) is 0 Å².